The number of carbonyl (C=O) groups is 1. The number of fused-ring (bicyclic) bond motifs is 1. The molecule has 0 radical (unpaired) electrons. The summed E-state index contributed by atoms with van der Waals surface area (Å²) in [5.41, 5.74) is 0. The Morgan fingerprint density at radius 3 is 2.20 bits per heavy atom. The van der Waals surface area contributed by atoms with Gasteiger partial charge in [0.1, 0.15) is 0 Å². The van der Waals surface area contributed by atoms with Gasteiger partial charge in [0, 0.05) is 6.92 Å². The van der Waals surface area contributed by atoms with Gasteiger partial charge in [-0.2, -0.15) is 0 Å². The topological polar surface area (TPSA) is 74.0 Å². The first-order valence-corrected chi connectivity index (χ1v) is 4.15. The maximum Gasteiger partial charge on any atom is 0.408 e. The second-order valence-corrected chi connectivity index (χ2v) is 3.16. The van der Waals surface area contributed by atoms with Crippen molar-refractivity contribution in [1.82, 2.24) is 5.32 Å². The van der Waals surface area contributed by atoms with Crippen molar-refractivity contribution in [2.75, 3.05) is 0 Å². The van der Waals surface area contributed by atoms with Crippen LogP contribution >= 0.6 is 12.4 Å². The minimum absolute atomic E-state index is 0. The highest BCUT2D eigenvalue weighted by atomic mass is 35.5. The summed E-state index contributed by atoms with van der Waals surface area (Å²) in [6, 6.07) is 7.27. The number of benzene rings is 1. The molecule has 0 fully saturated rings. The molecule has 5 nitrogen and oxygen atoms in total. The summed E-state index contributed by atoms with van der Waals surface area (Å²) in [4.78, 5) is 18.8. The molecule has 80 valence electrons. The third-order valence-electron chi connectivity index (χ3n) is 1.90. The summed E-state index contributed by atoms with van der Waals surface area (Å²) in [6.45, 7) is 1.61. The zero-order valence-electron chi connectivity index (χ0n) is 7.97. The van der Waals surface area contributed by atoms with Crippen molar-refractivity contribution in [1.29, 1.82) is 0 Å². The molecule has 0 spiro atoms. The molecule has 1 aromatic rings. The lowest BCUT2D eigenvalue weighted by molar-refractivity contribution is 0.182. The molecule has 1 aliphatic rings. The van der Waals surface area contributed by atoms with Crippen molar-refractivity contribution in [2.24, 2.45) is 9.98 Å². The standard InChI is InChI=1S/C9H9N3O2.ClH/c1-9(12-8(13)14)10-6-4-2-3-5-7(6)11-9;/h2-5,12H,1H3,(H,13,14);1H. The van der Waals surface area contributed by atoms with Crippen LogP contribution in [0, 0.1) is 0 Å². The van der Waals surface area contributed by atoms with E-state index in [-0.39, 0.29) is 12.4 Å². The molecule has 0 unspecified atom stereocenters. The van der Waals surface area contributed by atoms with Gasteiger partial charge in [-0.1, -0.05) is 12.1 Å². The van der Waals surface area contributed by atoms with Crippen LogP contribution in [-0.2, 0) is 0 Å². The minimum Gasteiger partial charge on any atom is -0.465 e. The van der Waals surface area contributed by atoms with Crippen molar-refractivity contribution in [3.8, 4) is 0 Å². The number of nitrogens with zero attached hydrogens (tertiary/aromatic N) is 2. The van der Waals surface area contributed by atoms with Gasteiger partial charge in [-0.15, -0.1) is 12.4 Å². The SMILES string of the molecule is CC1(NC(=O)O)N=c2ccccc2=N1.Cl. The Bertz CT molecular complexity index is 465. The van der Waals surface area contributed by atoms with Crippen LogP contribution < -0.4 is 16.0 Å². The van der Waals surface area contributed by atoms with Gasteiger partial charge in [0.15, 0.2) is 0 Å². The molecule has 1 aliphatic heterocycles. The first kappa shape index (κ1) is 11.5. The molecule has 6 heteroatoms. The molecule has 1 heterocycles. The Morgan fingerprint density at radius 1 is 1.33 bits per heavy atom. The minimum atomic E-state index is -1.13. The van der Waals surface area contributed by atoms with E-state index >= 15 is 0 Å². The van der Waals surface area contributed by atoms with Gasteiger partial charge in [0.2, 0.25) is 5.79 Å². The molecule has 2 rings (SSSR count). The average Bonchev–Trinajstić information content (AvgIpc) is 2.38. The third-order valence-corrected chi connectivity index (χ3v) is 1.90. The van der Waals surface area contributed by atoms with Crippen molar-refractivity contribution in [3.05, 3.63) is 35.0 Å². The van der Waals surface area contributed by atoms with Crippen LogP contribution in [0.4, 0.5) is 4.79 Å². The number of hydrogen-bond acceptors (Lipinski definition) is 3. The van der Waals surface area contributed by atoms with E-state index in [0.29, 0.717) is 10.7 Å². The lowest BCUT2D eigenvalue weighted by atomic mass is 10.3. The van der Waals surface area contributed by atoms with Crippen molar-refractivity contribution < 1.29 is 9.90 Å². The fraction of sp³-hybridized carbons (Fsp3) is 0.222. The summed E-state index contributed by atoms with van der Waals surface area (Å²) in [6.07, 6.45) is -1.13. The summed E-state index contributed by atoms with van der Waals surface area (Å²) in [5, 5.41) is 12.3. The van der Waals surface area contributed by atoms with E-state index in [4.69, 9.17) is 5.11 Å². The van der Waals surface area contributed by atoms with E-state index in [0.717, 1.165) is 0 Å². The molecular weight excluding hydrogens is 218 g/mol. The quantitative estimate of drug-likeness (QED) is 0.724. The molecule has 15 heavy (non-hydrogen) atoms. The molecule has 0 aromatic heterocycles. The number of halogens is 1. The Kier molecular flexibility index (Phi) is 2.95. The Labute approximate surface area is 92.0 Å². The van der Waals surface area contributed by atoms with Crippen molar-refractivity contribution >= 4 is 18.5 Å². The molecular formula is C9H10ClN3O2. The highest BCUT2D eigenvalue weighted by molar-refractivity contribution is 5.85. The maximum absolute atomic E-state index is 10.5. The first-order valence-electron chi connectivity index (χ1n) is 4.15. The van der Waals surface area contributed by atoms with Gasteiger partial charge in [-0.3, -0.25) is 5.32 Å². The summed E-state index contributed by atoms with van der Waals surface area (Å²) in [5.74, 6) is -1.07. The molecule has 1 aromatic carbocycles. The Hall–Kier alpha value is -1.62. The average molecular weight is 228 g/mol. The van der Waals surface area contributed by atoms with E-state index in [1.807, 2.05) is 12.1 Å². The molecule has 0 saturated carbocycles. The second-order valence-electron chi connectivity index (χ2n) is 3.16. The predicted octanol–water partition coefficient (Wildman–Crippen LogP) is 0.302. The van der Waals surface area contributed by atoms with E-state index in [2.05, 4.69) is 15.3 Å². The van der Waals surface area contributed by atoms with Crippen LogP contribution in [0.5, 0.6) is 0 Å². The highest BCUT2D eigenvalue weighted by Crippen LogP contribution is 2.07. The maximum atomic E-state index is 10.5. The molecule has 0 atom stereocenters. The van der Waals surface area contributed by atoms with Gasteiger partial charge in [0.25, 0.3) is 0 Å². The fourth-order valence-corrected chi connectivity index (χ4v) is 1.41. The number of nitrogens with one attached hydrogen (secondary N) is 1. The first-order chi connectivity index (χ1) is 6.59. The molecule has 0 bridgehead atoms. The summed E-state index contributed by atoms with van der Waals surface area (Å²) in [7, 11) is 0. The third kappa shape index (κ3) is 2.24. The zero-order chi connectivity index (χ0) is 10.2. The van der Waals surface area contributed by atoms with E-state index in [1.54, 1.807) is 19.1 Å². The predicted molar refractivity (Wildman–Crippen MR) is 55.6 cm³/mol. The van der Waals surface area contributed by atoms with Crippen molar-refractivity contribution in [2.45, 2.75) is 12.7 Å². The monoisotopic (exact) mass is 227 g/mol. The number of carboxylic acid groups (broad SMARTS) is 1. The Morgan fingerprint density at radius 2 is 1.80 bits per heavy atom. The van der Waals surface area contributed by atoms with Crippen LogP contribution in [0.15, 0.2) is 34.3 Å². The van der Waals surface area contributed by atoms with Crippen molar-refractivity contribution in [3.63, 3.8) is 0 Å². The van der Waals surface area contributed by atoms with E-state index in [1.165, 1.54) is 0 Å². The zero-order valence-corrected chi connectivity index (χ0v) is 8.78. The normalized spacial score (nSPS) is 15.3. The van der Waals surface area contributed by atoms with Crippen LogP contribution in [0.1, 0.15) is 6.92 Å². The molecule has 0 saturated heterocycles. The molecule has 2 N–H and O–H groups in total. The van der Waals surface area contributed by atoms with Crippen LogP contribution in [0.2, 0.25) is 0 Å². The summed E-state index contributed by atoms with van der Waals surface area (Å²) < 4.78 is 0. The van der Waals surface area contributed by atoms with Crippen LogP contribution in [0.25, 0.3) is 0 Å². The largest absolute Gasteiger partial charge is 0.465 e. The molecule has 0 aliphatic carbocycles. The number of rotatable bonds is 1. The number of hydrogen-bond donors (Lipinski definition) is 2. The lowest BCUT2D eigenvalue weighted by Crippen LogP contribution is -2.41. The fourth-order valence-electron chi connectivity index (χ4n) is 1.41. The highest BCUT2D eigenvalue weighted by Gasteiger charge is 2.26. The number of para-hydroxylation sites is 2. The number of amides is 1. The van der Waals surface area contributed by atoms with E-state index in [9.17, 15) is 4.79 Å². The van der Waals surface area contributed by atoms with Gasteiger partial charge >= 0.3 is 6.09 Å². The van der Waals surface area contributed by atoms with Gasteiger partial charge < -0.3 is 5.11 Å². The Balaban J connectivity index is 0.00000112. The second kappa shape index (κ2) is 3.86. The smallest absolute Gasteiger partial charge is 0.408 e. The lowest BCUT2D eigenvalue weighted by Gasteiger charge is -2.16. The summed E-state index contributed by atoms with van der Waals surface area (Å²) >= 11 is 0. The van der Waals surface area contributed by atoms with Gasteiger partial charge in [-0.25, -0.2) is 14.8 Å². The van der Waals surface area contributed by atoms with Crippen LogP contribution in [-0.4, -0.2) is 17.0 Å². The van der Waals surface area contributed by atoms with E-state index < -0.39 is 11.9 Å². The van der Waals surface area contributed by atoms with Gasteiger partial charge in [0.05, 0.1) is 10.7 Å². The van der Waals surface area contributed by atoms with Crippen LogP contribution in [0.3, 0.4) is 0 Å². The van der Waals surface area contributed by atoms with Gasteiger partial charge in [-0.05, 0) is 12.1 Å². The molecule has 1 amide bonds.